The lowest BCUT2D eigenvalue weighted by Gasteiger charge is -2.28. The zero-order valence-corrected chi connectivity index (χ0v) is 14.9. The molecular weight excluding hydrogens is 382 g/mol. The van der Waals surface area contributed by atoms with E-state index >= 15 is 0 Å². The van der Waals surface area contributed by atoms with Crippen LogP contribution >= 0.6 is 28.3 Å². The summed E-state index contributed by atoms with van der Waals surface area (Å²) in [5, 5.41) is 3.78. The van der Waals surface area contributed by atoms with Crippen molar-refractivity contribution in [1.82, 2.24) is 10.3 Å². The number of carbonyl (C=O) groups is 1. The number of halogens is 2. The van der Waals surface area contributed by atoms with Gasteiger partial charge in [0.05, 0.1) is 11.1 Å². The first-order chi connectivity index (χ1) is 10.5. The summed E-state index contributed by atoms with van der Waals surface area (Å²) in [7, 11) is 0. The second-order valence-electron chi connectivity index (χ2n) is 5.88. The van der Waals surface area contributed by atoms with Crippen LogP contribution in [-0.4, -0.2) is 23.0 Å². The van der Waals surface area contributed by atoms with Gasteiger partial charge in [-0.3, -0.25) is 9.59 Å². The van der Waals surface area contributed by atoms with Gasteiger partial charge >= 0.3 is 0 Å². The lowest BCUT2D eigenvalue weighted by atomic mass is 9.96. The number of fused-ring (bicyclic) bond motifs is 1. The molecule has 1 aliphatic carbocycles. The van der Waals surface area contributed by atoms with Crippen LogP contribution in [0.15, 0.2) is 33.5 Å². The maximum Gasteiger partial charge on any atom is 0.252 e. The van der Waals surface area contributed by atoms with E-state index in [0.717, 1.165) is 35.5 Å². The van der Waals surface area contributed by atoms with Crippen molar-refractivity contribution in [2.75, 3.05) is 6.54 Å². The number of amides is 1. The highest BCUT2D eigenvalue weighted by atomic mass is 79.9. The zero-order valence-electron chi connectivity index (χ0n) is 12.5. The molecule has 7 heteroatoms. The molecule has 0 atom stereocenters. The molecule has 1 heterocycles. The number of nitrogens with two attached hydrogens (primary N) is 1. The first-order valence-corrected chi connectivity index (χ1v) is 8.17. The molecule has 1 amide bonds. The summed E-state index contributed by atoms with van der Waals surface area (Å²) in [6.45, 7) is 0.420. The van der Waals surface area contributed by atoms with Gasteiger partial charge in [0.25, 0.3) is 5.91 Å². The third kappa shape index (κ3) is 3.59. The fourth-order valence-corrected chi connectivity index (χ4v) is 3.52. The monoisotopic (exact) mass is 399 g/mol. The van der Waals surface area contributed by atoms with Gasteiger partial charge in [-0.25, -0.2) is 0 Å². The maximum absolute atomic E-state index is 12.7. The molecule has 23 heavy (non-hydrogen) atoms. The van der Waals surface area contributed by atoms with Gasteiger partial charge in [-0.15, -0.1) is 12.4 Å². The van der Waals surface area contributed by atoms with Crippen molar-refractivity contribution in [1.29, 1.82) is 0 Å². The Bertz CT molecular complexity index is 784. The van der Waals surface area contributed by atoms with Crippen molar-refractivity contribution in [3.05, 3.63) is 44.7 Å². The normalized spacial score (nSPS) is 16.1. The molecule has 1 aromatic heterocycles. The minimum Gasteiger partial charge on any atom is -0.345 e. The molecule has 0 saturated heterocycles. The molecule has 3 rings (SSSR count). The maximum atomic E-state index is 12.7. The molecule has 0 spiro atoms. The topological polar surface area (TPSA) is 88.0 Å². The summed E-state index contributed by atoms with van der Waals surface area (Å²) in [6, 6.07) is 6.80. The molecule has 1 saturated carbocycles. The van der Waals surface area contributed by atoms with Crippen molar-refractivity contribution in [3.63, 3.8) is 0 Å². The smallest absolute Gasteiger partial charge is 0.252 e. The predicted molar refractivity (Wildman–Crippen MR) is 97.2 cm³/mol. The molecule has 1 aliphatic rings. The average Bonchev–Trinajstić information content (AvgIpc) is 2.96. The SMILES string of the molecule is Cl.NCC1(NC(=O)c2cc(=O)[nH]c3ccc(Br)cc23)CCCC1. The van der Waals surface area contributed by atoms with Crippen LogP contribution in [0.2, 0.25) is 0 Å². The lowest BCUT2D eigenvalue weighted by molar-refractivity contribution is 0.0904. The number of hydrogen-bond donors (Lipinski definition) is 3. The second-order valence-corrected chi connectivity index (χ2v) is 6.80. The summed E-state index contributed by atoms with van der Waals surface area (Å²) in [4.78, 5) is 27.3. The Kier molecular flexibility index (Phi) is 5.49. The van der Waals surface area contributed by atoms with Gasteiger partial charge in [-0.2, -0.15) is 0 Å². The number of carbonyl (C=O) groups excluding carboxylic acids is 1. The van der Waals surface area contributed by atoms with E-state index in [0.29, 0.717) is 17.6 Å². The minimum atomic E-state index is -0.335. The Hall–Kier alpha value is -1.37. The van der Waals surface area contributed by atoms with Crippen LogP contribution in [0.4, 0.5) is 0 Å². The Balaban J connectivity index is 0.00000192. The van der Waals surface area contributed by atoms with Gasteiger partial charge in [0, 0.05) is 28.0 Å². The molecule has 124 valence electrons. The fourth-order valence-electron chi connectivity index (χ4n) is 3.15. The lowest BCUT2D eigenvalue weighted by Crippen LogP contribution is -2.51. The summed E-state index contributed by atoms with van der Waals surface area (Å²) < 4.78 is 0.857. The number of nitrogens with one attached hydrogen (secondary N) is 2. The Morgan fingerprint density at radius 1 is 1.30 bits per heavy atom. The van der Waals surface area contributed by atoms with Gasteiger partial charge in [0.15, 0.2) is 0 Å². The van der Waals surface area contributed by atoms with E-state index < -0.39 is 0 Å². The average molecular weight is 401 g/mol. The molecule has 0 aliphatic heterocycles. The predicted octanol–water partition coefficient (Wildman–Crippen LogP) is 2.71. The molecule has 0 unspecified atom stereocenters. The molecule has 0 radical (unpaired) electrons. The van der Waals surface area contributed by atoms with E-state index in [1.54, 1.807) is 6.07 Å². The highest BCUT2D eigenvalue weighted by Gasteiger charge is 2.34. The molecule has 1 aromatic carbocycles. The number of rotatable bonds is 3. The van der Waals surface area contributed by atoms with Crippen LogP contribution in [0.1, 0.15) is 36.0 Å². The van der Waals surface area contributed by atoms with Crippen LogP contribution < -0.4 is 16.6 Å². The van der Waals surface area contributed by atoms with Crippen LogP contribution in [0.3, 0.4) is 0 Å². The van der Waals surface area contributed by atoms with E-state index in [-0.39, 0.29) is 29.4 Å². The van der Waals surface area contributed by atoms with Crippen molar-refractivity contribution in [2.24, 2.45) is 5.73 Å². The summed E-state index contributed by atoms with van der Waals surface area (Å²) >= 11 is 3.40. The van der Waals surface area contributed by atoms with Crippen molar-refractivity contribution >= 4 is 45.1 Å². The van der Waals surface area contributed by atoms with Gasteiger partial charge < -0.3 is 16.0 Å². The second kappa shape index (κ2) is 7.03. The third-order valence-corrected chi connectivity index (χ3v) is 4.87. The van der Waals surface area contributed by atoms with Crippen molar-refractivity contribution < 1.29 is 4.79 Å². The van der Waals surface area contributed by atoms with Gasteiger partial charge in [-0.05, 0) is 31.0 Å². The Morgan fingerprint density at radius 2 is 2.00 bits per heavy atom. The van der Waals surface area contributed by atoms with Crippen LogP contribution in [0, 0.1) is 0 Å². The first-order valence-electron chi connectivity index (χ1n) is 7.38. The van der Waals surface area contributed by atoms with Gasteiger partial charge in [-0.1, -0.05) is 28.8 Å². The fraction of sp³-hybridized carbons (Fsp3) is 0.375. The largest absolute Gasteiger partial charge is 0.345 e. The van der Waals surface area contributed by atoms with Crippen LogP contribution in [0.25, 0.3) is 10.9 Å². The Labute approximate surface area is 148 Å². The van der Waals surface area contributed by atoms with E-state index in [4.69, 9.17) is 5.73 Å². The van der Waals surface area contributed by atoms with E-state index in [9.17, 15) is 9.59 Å². The number of pyridine rings is 1. The molecule has 5 nitrogen and oxygen atoms in total. The van der Waals surface area contributed by atoms with E-state index in [1.165, 1.54) is 6.07 Å². The number of aromatic nitrogens is 1. The number of benzene rings is 1. The van der Waals surface area contributed by atoms with Crippen molar-refractivity contribution in [3.8, 4) is 0 Å². The summed E-state index contributed by atoms with van der Waals surface area (Å²) in [6.07, 6.45) is 3.92. The minimum absolute atomic E-state index is 0. The summed E-state index contributed by atoms with van der Waals surface area (Å²) in [5.74, 6) is -0.235. The number of hydrogen-bond acceptors (Lipinski definition) is 3. The van der Waals surface area contributed by atoms with E-state index in [1.807, 2.05) is 12.1 Å². The zero-order chi connectivity index (χ0) is 15.7. The van der Waals surface area contributed by atoms with Gasteiger partial charge in [0.1, 0.15) is 0 Å². The summed E-state index contributed by atoms with van der Waals surface area (Å²) in [5.41, 5.74) is 6.29. The number of aromatic amines is 1. The highest BCUT2D eigenvalue weighted by Crippen LogP contribution is 2.29. The van der Waals surface area contributed by atoms with Crippen LogP contribution in [-0.2, 0) is 0 Å². The Morgan fingerprint density at radius 3 is 2.65 bits per heavy atom. The van der Waals surface area contributed by atoms with E-state index in [2.05, 4.69) is 26.2 Å². The highest BCUT2D eigenvalue weighted by molar-refractivity contribution is 9.10. The van der Waals surface area contributed by atoms with Crippen molar-refractivity contribution in [2.45, 2.75) is 31.2 Å². The quantitative estimate of drug-likeness (QED) is 0.740. The third-order valence-electron chi connectivity index (χ3n) is 4.38. The molecule has 1 fully saturated rings. The first kappa shape index (κ1) is 18.0. The standard InChI is InChI=1S/C16H18BrN3O2.ClH/c17-10-3-4-13-11(7-10)12(8-14(21)19-13)15(22)20-16(9-18)5-1-2-6-16;/h3-4,7-8H,1-2,5-6,9,18H2,(H,19,21)(H,20,22);1H. The molecule has 2 aromatic rings. The van der Waals surface area contributed by atoms with Crippen LogP contribution in [0.5, 0.6) is 0 Å². The number of H-pyrrole nitrogens is 1. The molecule has 4 N–H and O–H groups in total. The molecular formula is C16H19BrClN3O2. The molecule has 0 bridgehead atoms. The van der Waals surface area contributed by atoms with Gasteiger partial charge in [0.2, 0.25) is 5.56 Å².